The summed E-state index contributed by atoms with van der Waals surface area (Å²) in [6.07, 6.45) is -2.37. The van der Waals surface area contributed by atoms with Gasteiger partial charge < -0.3 is 4.98 Å². The quantitative estimate of drug-likeness (QED) is 0.840. The number of halogens is 4. The fraction of sp³-hybridized carbons (Fsp3) is 0.167. The summed E-state index contributed by atoms with van der Waals surface area (Å²) in [7, 11) is 0.412. The molecule has 0 spiro atoms. The maximum atomic E-state index is 12.3. The molecule has 0 aromatic carbocycles. The van der Waals surface area contributed by atoms with Gasteiger partial charge in [-0.15, -0.1) is 0 Å². The topological polar surface area (TPSA) is 67.0 Å². The van der Waals surface area contributed by atoms with E-state index in [0.29, 0.717) is 6.20 Å². The number of rotatable bonds is 2. The van der Waals surface area contributed by atoms with E-state index in [1.54, 1.807) is 0 Å². The standard InChI is InChI=1S/C6H3Cl2F2NO3S/c7-3-2(5(9)10)1-11-6(12)4(3)15(8,13)14/h1,5H,(H,11,12). The van der Waals surface area contributed by atoms with Crippen LogP contribution in [-0.4, -0.2) is 13.4 Å². The van der Waals surface area contributed by atoms with E-state index in [1.807, 2.05) is 4.98 Å². The lowest BCUT2D eigenvalue weighted by Gasteiger charge is -2.04. The van der Waals surface area contributed by atoms with Gasteiger partial charge in [0.15, 0.2) is 4.90 Å². The van der Waals surface area contributed by atoms with Crippen molar-refractivity contribution >= 4 is 31.3 Å². The molecule has 0 radical (unpaired) electrons. The lowest BCUT2D eigenvalue weighted by Crippen LogP contribution is -2.16. The Hall–Kier alpha value is -0.660. The Morgan fingerprint density at radius 2 is 1.93 bits per heavy atom. The molecule has 0 saturated heterocycles. The Balaban J connectivity index is 3.66. The van der Waals surface area contributed by atoms with E-state index in [2.05, 4.69) is 0 Å². The average Bonchev–Trinajstić information content (AvgIpc) is 2.00. The normalized spacial score (nSPS) is 12.1. The van der Waals surface area contributed by atoms with Gasteiger partial charge in [0, 0.05) is 16.9 Å². The van der Waals surface area contributed by atoms with Gasteiger partial charge in [0.05, 0.1) is 10.6 Å². The van der Waals surface area contributed by atoms with Gasteiger partial charge in [-0.05, 0) is 0 Å². The Morgan fingerprint density at radius 3 is 2.33 bits per heavy atom. The number of hydrogen-bond acceptors (Lipinski definition) is 3. The van der Waals surface area contributed by atoms with Crippen LogP contribution in [0.5, 0.6) is 0 Å². The van der Waals surface area contributed by atoms with Crippen LogP contribution < -0.4 is 5.56 Å². The third-order valence-electron chi connectivity index (χ3n) is 1.50. The molecule has 0 fully saturated rings. The van der Waals surface area contributed by atoms with Gasteiger partial charge in [0.2, 0.25) is 0 Å². The van der Waals surface area contributed by atoms with Crippen LogP contribution in [0.2, 0.25) is 5.02 Å². The predicted molar refractivity (Wildman–Crippen MR) is 50.1 cm³/mol. The van der Waals surface area contributed by atoms with Gasteiger partial charge in [0.25, 0.3) is 21.0 Å². The van der Waals surface area contributed by atoms with E-state index in [-0.39, 0.29) is 0 Å². The molecule has 4 nitrogen and oxygen atoms in total. The zero-order chi connectivity index (χ0) is 11.8. The zero-order valence-corrected chi connectivity index (χ0v) is 9.13. The second-order valence-corrected chi connectivity index (χ2v) is 5.34. The summed E-state index contributed by atoms with van der Waals surface area (Å²) in [6.45, 7) is 0. The molecule has 1 N–H and O–H groups in total. The highest BCUT2D eigenvalue weighted by Crippen LogP contribution is 2.30. The van der Waals surface area contributed by atoms with E-state index in [4.69, 9.17) is 22.3 Å². The van der Waals surface area contributed by atoms with Gasteiger partial charge >= 0.3 is 0 Å². The lowest BCUT2D eigenvalue weighted by atomic mass is 10.3. The third-order valence-corrected chi connectivity index (χ3v) is 3.36. The van der Waals surface area contributed by atoms with E-state index < -0.39 is 36.5 Å². The van der Waals surface area contributed by atoms with Crippen molar-refractivity contribution in [2.45, 2.75) is 11.3 Å². The van der Waals surface area contributed by atoms with Crippen molar-refractivity contribution in [2.75, 3.05) is 0 Å². The van der Waals surface area contributed by atoms with Crippen LogP contribution in [0.25, 0.3) is 0 Å². The number of alkyl halides is 2. The number of hydrogen-bond donors (Lipinski definition) is 1. The Morgan fingerprint density at radius 1 is 1.40 bits per heavy atom. The minimum Gasteiger partial charge on any atom is -0.327 e. The number of pyridine rings is 1. The number of nitrogens with one attached hydrogen (secondary N) is 1. The van der Waals surface area contributed by atoms with Crippen LogP contribution in [0.4, 0.5) is 8.78 Å². The first-order valence-corrected chi connectivity index (χ1v) is 6.07. The summed E-state index contributed by atoms with van der Waals surface area (Å²) in [6, 6.07) is 0. The van der Waals surface area contributed by atoms with Crippen LogP contribution in [0, 0.1) is 0 Å². The molecule has 15 heavy (non-hydrogen) atoms. The fourth-order valence-corrected chi connectivity index (χ4v) is 2.58. The number of aromatic amines is 1. The molecule has 1 rings (SSSR count). The molecule has 0 aliphatic rings. The van der Waals surface area contributed by atoms with Crippen molar-refractivity contribution in [2.24, 2.45) is 0 Å². The van der Waals surface area contributed by atoms with Crippen molar-refractivity contribution in [3.63, 3.8) is 0 Å². The highest BCUT2D eigenvalue weighted by Gasteiger charge is 2.25. The summed E-state index contributed by atoms with van der Waals surface area (Å²) in [4.78, 5) is 11.8. The first-order valence-electron chi connectivity index (χ1n) is 3.39. The molecule has 0 bridgehead atoms. The van der Waals surface area contributed by atoms with Crippen LogP contribution >= 0.6 is 22.3 Å². The van der Waals surface area contributed by atoms with E-state index >= 15 is 0 Å². The van der Waals surface area contributed by atoms with Crippen LogP contribution in [0.15, 0.2) is 15.9 Å². The second kappa shape index (κ2) is 4.07. The maximum absolute atomic E-state index is 12.3. The molecule has 9 heteroatoms. The monoisotopic (exact) mass is 277 g/mol. The lowest BCUT2D eigenvalue weighted by molar-refractivity contribution is 0.150. The molecule has 1 aromatic heterocycles. The van der Waals surface area contributed by atoms with Crippen molar-refractivity contribution < 1.29 is 17.2 Å². The van der Waals surface area contributed by atoms with E-state index in [1.165, 1.54) is 0 Å². The van der Waals surface area contributed by atoms with E-state index in [9.17, 15) is 22.0 Å². The molecule has 0 aliphatic carbocycles. The molecule has 0 aliphatic heterocycles. The Labute approximate surface area is 92.2 Å². The summed E-state index contributed by atoms with van der Waals surface area (Å²) >= 11 is 5.33. The zero-order valence-electron chi connectivity index (χ0n) is 6.80. The summed E-state index contributed by atoms with van der Waals surface area (Å²) < 4.78 is 46.3. The van der Waals surface area contributed by atoms with Gasteiger partial charge in [0.1, 0.15) is 0 Å². The van der Waals surface area contributed by atoms with Crippen molar-refractivity contribution in [3.8, 4) is 0 Å². The SMILES string of the molecule is O=c1[nH]cc(C(F)F)c(Cl)c1S(=O)(=O)Cl. The van der Waals surface area contributed by atoms with Crippen molar-refractivity contribution in [1.82, 2.24) is 4.98 Å². The largest absolute Gasteiger partial charge is 0.327 e. The summed E-state index contributed by atoms with van der Waals surface area (Å²) in [5, 5.41) is -0.858. The summed E-state index contributed by atoms with van der Waals surface area (Å²) in [5.74, 6) is 0. The predicted octanol–water partition coefficient (Wildman–Crippen LogP) is 1.89. The van der Waals surface area contributed by atoms with E-state index in [0.717, 1.165) is 0 Å². The Bertz CT molecular complexity index is 540. The van der Waals surface area contributed by atoms with Crippen LogP contribution in [0.1, 0.15) is 12.0 Å². The molecule has 1 aromatic rings. The molecular weight excluding hydrogens is 275 g/mol. The first kappa shape index (κ1) is 12.4. The van der Waals surface area contributed by atoms with Crippen LogP contribution in [-0.2, 0) is 9.05 Å². The smallest absolute Gasteiger partial charge is 0.269 e. The molecule has 84 valence electrons. The van der Waals surface area contributed by atoms with Gasteiger partial charge in [-0.1, -0.05) is 11.6 Å². The highest BCUT2D eigenvalue weighted by atomic mass is 35.7. The van der Waals surface area contributed by atoms with Crippen molar-refractivity contribution in [1.29, 1.82) is 0 Å². The van der Waals surface area contributed by atoms with Gasteiger partial charge in [-0.25, -0.2) is 17.2 Å². The second-order valence-electron chi connectivity index (χ2n) is 2.45. The molecule has 0 amide bonds. The number of H-pyrrole nitrogens is 1. The molecule has 0 saturated carbocycles. The minimum absolute atomic E-state index is 0.640. The third kappa shape index (κ3) is 2.47. The minimum atomic E-state index is -4.46. The van der Waals surface area contributed by atoms with Gasteiger partial charge in [-0.2, -0.15) is 0 Å². The fourth-order valence-electron chi connectivity index (χ4n) is 0.880. The number of aromatic nitrogens is 1. The maximum Gasteiger partial charge on any atom is 0.269 e. The first-order chi connectivity index (χ1) is 6.75. The Kier molecular flexibility index (Phi) is 3.37. The molecular formula is C6H3Cl2F2NO3S. The summed E-state index contributed by atoms with van der Waals surface area (Å²) in [5.41, 5.74) is -1.94. The molecule has 0 unspecified atom stereocenters. The molecule has 1 heterocycles. The average molecular weight is 278 g/mol. The highest BCUT2D eigenvalue weighted by molar-refractivity contribution is 8.13. The molecule has 0 atom stereocenters. The van der Waals surface area contributed by atoms with Crippen LogP contribution in [0.3, 0.4) is 0 Å². The van der Waals surface area contributed by atoms with Crippen molar-refractivity contribution in [3.05, 3.63) is 27.1 Å². The van der Waals surface area contributed by atoms with Gasteiger partial charge in [-0.3, -0.25) is 4.79 Å².